The van der Waals surface area contributed by atoms with E-state index < -0.39 is 29.9 Å². The van der Waals surface area contributed by atoms with Crippen LogP contribution >= 0.6 is 0 Å². The third-order valence-corrected chi connectivity index (χ3v) is 5.63. The summed E-state index contributed by atoms with van der Waals surface area (Å²) in [7, 11) is 0. The van der Waals surface area contributed by atoms with Gasteiger partial charge in [0.15, 0.2) is 0 Å². The van der Waals surface area contributed by atoms with Crippen molar-refractivity contribution in [1.29, 1.82) is 0 Å². The summed E-state index contributed by atoms with van der Waals surface area (Å²) in [4.78, 5) is 25.3. The summed E-state index contributed by atoms with van der Waals surface area (Å²) in [5.74, 6) is -4.65. The summed E-state index contributed by atoms with van der Waals surface area (Å²) in [5.41, 5.74) is 0.935. The van der Waals surface area contributed by atoms with Crippen LogP contribution in [0.2, 0.25) is 0 Å². The van der Waals surface area contributed by atoms with E-state index in [0.717, 1.165) is 12.4 Å². The molecule has 2 aliphatic heterocycles. The maximum Gasteiger partial charge on any atom is 0.451 e. The fraction of sp³-hybridized carbons (Fsp3) is 0.500. The number of nitrogens with one attached hydrogen (secondary N) is 1. The van der Waals surface area contributed by atoms with E-state index in [9.17, 15) is 26.7 Å². The van der Waals surface area contributed by atoms with E-state index in [1.807, 2.05) is 0 Å². The molecule has 4 heterocycles. The van der Waals surface area contributed by atoms with Crippen molar-refractivity contribution in [3.8, 4) is 5.88 Å². The van der Waals surface area contributed by atoms with Crippen molar-refractivity contribution in [3.63, 3.8) is 0 Å². The SMILES string of the molecule is O=C(NC[C@@H](c1cnc(C(F)(F)F)nc1)N1CCC(F)(F)CC1)[C@H]1COc2ncccc21. The maximum absolute atomic E-state index is 13.6. The first kappa shape index (κ1) is 22.3. The molecule has 0 bridgehead atoms. The Hall–Kier alpha value is -2.89. The Morgan fingerprint density at radius 1 is 1.22 bits per heavy atom. The lowest BCUT2D eigenvalue weighted by Gasteiger charge is -2.37. The highest BCUT2D eigenvalue weighted by Gasteiger charge is 2.39. The Kier molecular flexibility index (Phi) is 5.97. The quantitative estimate of drug-likeness (QED) is 0.696. The van der Waals surface area contributed by atoms with Crippen LogP contribution in [0.1, 0.15) is 41.8 Å². The van der Waals surface area contributed by atoms with Crippen LogP contribution in [0, 0.1) is 0 Å². The van der Waals surface area contributed by atoms with Gasteiger partial charge in [-0.15, -0.1) is 0 Å². The third kappa shape index (κ3) is 4.79. The highest BCUT2D eigenvalue weighted by atomic mass is 19.4. The standard InChI is InChI=1S/C20H20F5N5O2/c21-19(22)3-6-30(7-4-19)15(12-8-28-18(29-9-12)20(23,24)25)10-27-16(31)14-11-32-17-13(14)2-1-5-26-17/h1-2,5,8-9,14-15H,3-4,6-7,10-11H2,(H,27,31)/t14-,15-/m0/s1. The minimum absolute atomic E-state index is 0.00871. The van der Waals surface area contributed by atoms with Gasteiger partial charge in [-0.05, 0) is 6.07 Å². The summed E-state index contributed by atoms with van der Waals surface area (Å²) in [6, 6.07) is 2.75. The fourth-order valence-electron chi connectivity index (χ4n) is 3.86. The monoisotopic (exact) mass is 457 g/mol. The van der Waals surface area contributed by atoms with Crippen molar-refractivity contribution in [2.45, 2.75) is 36.9 Å². The Morgan fingerprint density at radius 2 is 1.91 bits per heavy atom. The Morgan fingerprint density at radius 3 is 2.56 bits per heavy atom. The zero-order chi connectivity index (χ0) is 22.9. The smallest absolute Gasteiger partial charge is 0.451 e. The molecule has 0 aromatic carbocycles. The lowest BCUT2D eigenvalue weighted by molar-refractivity contribution is -0.145. The van der Waals surface area contributed by atoms with Crippen LogP contribution in [0.5, 0.6) is 5.88 Å². The van der Waals surface area contributed by atoms with Crippen LogP contribution in [-0.4, -0.2) is 57.9 Å². The van der Waals surface area contributed by atoms with Gasteiger partial charge in [-0.25, -0.2) is 23.7 Å². The minimum atomic E-state index is -4.70. The zero-order valence-electron chi connectivity index (χ0n) is 16.8. The molecule has 2 aromatic rings. The Bertz CT molecular complexity index is 960. The van der Waals surface area contributed by atoms with Crippen molar-refractivity contribution >= 4 is 5.91 Å². The number of likely N-dealkylation sites (tertiary alicyclic amines) is 1. The topological polar surface area (TPSA) is 80.2 Å². The van der Waals surface area contributed by atoms with Gasteiger partial charge in [-0.2, -0.15) is 13.2 Å². The van der Waals surface area contributed by atoms with Crippen LogP contribution in [0.15, 0.2) is 30.7 Å². The number of hydrogen-bond donors (Lipinski definition) is 1. The summed E-state index contributed by atoms with van der Waals surface area (Å²) in [6.45, 7) is 0.148. The van der Waals surface area contributed by atoms with E-state index in [2.05, 4.69) is 20.3 Å². The van der Waals surface area contributed by atoms with Gasteiger partial charge in [0.25, 0.3) is 5.92 Å². The van der Waals surface area contributed by atoms with Crippen molar-refractivity contribution in [2.75, 3.05) is 26.2 Å². The molecule has 1 saturated heterocycles. The van der Waals surface area contributed by atoms with Crippen molar-refractivity contribution in [1.82, 2.24) is 25.2 Å². The number of alkyl halides is 5. The molecule has 0 unspecified atom stereocenters. The number of amides is 1. The fourth-order valence-corrected chi connectivity index (χ4v) is 3.86. The molecule has 1 fully saturated rings. The van der Waals surface area contributed by atoms with Gasteiger partial charge in [0.1, 0.15) is 12.5 Å². The molecule has 172 valence electrons. The van der Waals surface area contributed by atoms with E-state index >= 15 is 0 Å². The average Bonchev–Trinajstić information content (AvgIpc) is 3.19. The summed E-state index contributed by atoms with van der Waals surface area (Å²) < 4.78 is 71.1. The number of carbonyl (C=O) groups excluding carboxylic acids is 1. The van der Waals surface area contributed by atoms with E-state index in [-0.39, 0.29) is 45.0 Å². The Labute approximate surface area is 180 Å². The lowest BCUT2D eigenvalue weighted by Crippen LogP contribution is -2.45. The van der Waals surface area contributed by atoms with E-state index in [1.165, 1.54) is 0 Å². The molecule has 0 spiro atoms. The number of carbonyl (C=O) groups is 1. The van der Waals surface area contributed by atoms with Crippen molar-refractivity contribution in [2.24, 2.45) is 0 Å². The first-order valence-corrected chi connectivity index (χ1v) is 10.0. The molecular formula is C20H20F5N5O2. The number of rotatable bonds is 5. The number of ether oxygens (including phenoxy) is 1. The molecule has 4 rings (SSSR count). The zero-order valence-corrected chi connectivity index (χ0v) is 16.8. The van der Waals surface area contributed by atoms with Gasteiger partial charge >= 0.3 is 6.18 Å². The summed E-state index contributed by atoms with van der Waals surface area (Å²) >= 11 is 0. The van der Waals surface area contributed by atoms with Gasteiger partial charge in [0.05, 0.1) is 6.04 Å². The van der Waals surface area contributed by atoms with Crippen LogP contribution in [0.25, 0.3) is 0 Å². The normalized spacial score (nSPS) is 21.5. The van der Waals surface area contributed by atoms with Gasteiger partial charge < -0.3 is 10.1 Å². The summed E-state index contributed by atoms with van der Waals surface area (Å²) in [5, 5.41) is 2.77. The Balaban J connectivity index is 1.50. The molecule has 2 aromatic heterocycles. The predicted molar refractivity (Wildman–Crippen MR) is 101 cm³/mol. The molecule has 32 heavy (non-hydrogen) atoms. The first-order chi connectivity index (χ1) is 15.1. The number of aromatic nitrogens is 3. The van der Waals surface area contributed by atoms with Gasteiger partial charge in [-0.1, -0.05) is 6.07 Å². The van der Waals surface area contributed by atoms with E-state index in [1.54, 1.807) is 23.2 Å². The summed E-state index contributed by atoms with van der Waals surface area (Å²) in [6.07, 6.45) is -1.86. The lowest BCUT2D eigenvalue weighted by atomic mass is 10.00. The molecule has 0 aliphatic carbocycles. The van der Waals surface area contributed by atoms with Crippen LogP contribution in [0.3, 0.4) is 0 Å². The second-order valence-electron chi connectivity index (χ2n) is 7.75. The molecule has 0 radical (unpaired) electrons. The minimum Gasteiger partial charge on any atom is -0.476 e. The molecule has 1 amide bonds. The van der Waals surface area contributed by atoms with Crippen molar-refractivity contribution < 1.29 is 31.5 Å². The molecule has 0 saturated carbocycles. The molecular weight excluding hydrogens is 437 g/mol. The van der Waals surface area contributed by atoms with Gasteiger partial charge in [0.2, 0.25) is 17.6 Å². The highest BCUT2D eigenvalue weighted by Crippen LogP contribution is 2.34. The van der Waals surface area contributed by atoms with Crippen LogP contribution in [0.4, 0.5) is 22.0 Å². The van der Waals surface area contributed by atoms with E-state index in [0.29, 0.717) is 17.0 Å². The van der Waals surface area contributed by atoms with Crippen molar-refractivity contribution in [3.05, 3.63) is 47.7 Å². The number of hydrogen-bond acceptors (Lipinski definition) is 6. The van der Waals surface area contributed by atoms with Crippen LogP contribution in [-0.2, 0) is 11.0 Å². The maximum atomic E-state index is 13.6. The van der Waals surface area contributed by atoms with E-state index in [4.69, 9.17) is 4.74 Å². The molecule has 2 atom stereocenters. The molecule has 7 nitrogen and oxygen atoms in total. The number of piperidine rings is 1. The van der Waals surface area contributed by atoms with Gasteiger partial charge in [-0.3, -0.25) is 9.69 Å². The molecule has 1 N–H and O–H groups in total. The first-order valence-electron chi connectivity index (χ1n) is 10.0. The number of pyridine rings is 1. The number of fused-ring (bicyclic) bond motifs is 1. The average molecular weight is 457 g/mol. The number of halogens is 5. The highest BCUT2D eigenvalue weighted by molar-refractivity contribution is 5.85. The number of nitrogens with zero attached hydrogens (tertiary/aromatic N) is 4. The third-order valence-electron chi connectivity index (χ3n) is 5.63. The second kappa shape index (κ2) is 8.57. The molecule has 2 aliphatic rings. The largest absolute Gasteiger partial charge is 0.476 e. The molecule has 12 heteroatoms. The predicted octanol–water partition coefficient (Wildman–Crippen LogP) is 2.96. The second-order valence-corrected chi connectivity index (χ2v) is 7.75. The van der Waals surface area contributed by atoms with Gasteiger partial charge in [0, 0.05) is 62.2 Å². The van der Waals surface area contributed by atoms with Crippen LogP contribution < -0.4 is 10.1 Å².